The number of aromatic nitrogens is 5. The Bertz CT molecular complexity index is 679. The van der Waals surface area contributed by atoms with Gasteiger partial charge in [0.05, 0.1) is 6.54 Å². The molecule has 0 aromatic carbocycles. The summed E-state index contributed by atoms with van der Waals surface area (Å²) in [6.45, 7) is 2.47. The summed E-state index contributed by atoms with van der Waals surface area (Å²) in [5, 5.41) is 6.87. The van der Waals surface area contributed by atoms with Crippen LogP contribution in [-0.2, 0) is 19.3 Å². The predicted octanol–water partition coefficient (Wildman–Crippen LogP) is 0.998. The first-order valence-electron chi connectivity index (χ1n) is 6.19. The van der Waals surface area contributed by atoms with Crippen LogP contribution in [0.4, 0.5) is 24.8 Å². The monoisotopic (exact) mass is 299 g/mol. The van der Waals surface area contributed by atoms with Crippen molar-refractivity contribution in [2.75, 3.05) is 17.2 Å². The van der Waals surface area contributed by atoms with Gasteiger partial charge in [0.1, 0.15) is 18.0 Å². The highest BCUT2D eigenvalue weighted by molar-refractivity contribution is 5.55. The van der Waals surface area contributed by atoms with Gasteiger partial charge in [-0.1, -0.05) is 0 Å². The largest absolute Gasteiger partial charge is 0.451 e. The molecule has 0 saturated carbocycles. The molecule has 0 fully saturated rings. The van der Waals surface area contributed by atoms with Crippen LogP contribution >= 0.6 is 0 Å². The number of hydrogen-bond donors (Lipinski definition) is 1. The average molecular weight is 299 g/mol. The molecule has 0 spiro atoms. The maximum Gasteiger partial charge on any atom is 0.451 e. The van der Waals surface area contributed by atoms with Crippen molar-refractivity contribution in [2.45, 2.75) is 26.2 Å². The van der Waals surface area contributed by atoms with Gasteiger partial charge in [0.15, 0.2) is 5.82 Å². The second-order valence-corrected chi connectivity index (χ2v) is 4.72. The molecule has 0 radical (unpaired) electrons. The third-order valence-corrected chi connectivity index (χ3v) is 3.40. The summed E-state index contributed by atoms with van der Waals surface area (Å²) >= 11 is 0. The van der Waals surface area contributed by atoms with Crippen molar-refractivity contribution in [3.8, 4) is 0 Å². The molecule has 2 aromatic heterocycles. The molecule has 1 aliphatic heterocycles. The van der Waals surface area contributed by atoms with Gasteiger partial charge in [0.2, 0.25) is 5.82 Å². The minimum Gasteiger partial charge on any atom is -0.383 e. The highest BCUT2D eigenvalue weighted by Crippen LogP contribution is 2.30. The molecule has 2 aromatic rings. The van der Waals surface area contributed by atoms with E-state index in [2.05, 4.69) is 20.2 Å². The van der Waals surface area contributed by atoms with Gasteiger partial charge in [-0.2, -0.15) is 13.2 Å². The number of rotatable bonds is 1. The predicted molar refractivity (Wildman–Crippen MR) is 67.3 cm³/mol. The molecule has 112 valence electrons. The molecule has 0 bridgehead atoms. The molecule has 0 aliphatic carbocycles. The molecular formula is C11H12F3N7. The van der Waals surface area contributed by atoms with Crippen molar-refractivity contribution in [1.82, 2.24) is 24.7 Å². The maximum atomic E-state index is 12.8. The molecule has 10 heteroatoms. The summed E-state index contributed by atoms with van der Waals surface area (Å²) in [7, 11) is 0. The number of alkyl halides is 3. The van der Waals surface area contributed by atoms with Crippen molar-refractivity contribution in [3.05, 3.63) is 23.5 Å². The van der Waals surface area contributed by atoms with Crippen LogP contribution in [0, 0.1) is 6.92 Å². The Kier molecular flexibility index (Phi) is 2.96. The first kappa shape index (κ1) is 13.6. The standard InChI is InChI=1S/C11H12F3N7/c1-6-8(15)16-5-17-9(6)20-2-3-21-7(4-20)18-19-10(21)11(12,13)14/h5H,2-4H2,1H3,(H2,15,16,17). The third-order valence-electron chi connectivity index (χ3n) is 3.40. The summed E-state index contributed by atoms with van der Waals surface area (Å²) in [5.74, 6) is 0.245. The minimum atomic E-state index is -4.50. The van der Waals surface area contributed by atoms with Crippen LogP contribution in [0.1, 0.15) is 17.2 Å². The van der Waals surface area contributed by atoms with Gasteiger partial charge in [-0.15, -0.1) is 10.2 Å². The van der Waals surface area contributed by atoms with Gasteiger partial charge < -0.3 is 15.2 Å². The zero-order chi connectivity index (χ0) is 15.2. The molecule has 0 unspecified atom stereocenters. The van der Waals surface area contributed by atoms with Crippen molar-refractivity contribution >= 4 is 11.6 Å². The molecule has 3 rings (SSSR count). The average Bonchev–Trinajstić information content (AvgIpc) is 2.84. The summed E-state index contributed by atoms with van der Waals surface area (Å²) in [6, 6.07) is 0. The Labute approximate surface area is 117 Å². The first-order chi connectivity index (χ1) is 9.88. The molecule has 3 heterocycles. The molecule has 1 aliphatic rings. The van der Waals surface area contributed by atoms with Crippen LogP contribution in [0.25, 0.3) is 0 Å². The Morgan fingerprint density at radius 2 is 1.95 bits per heavy atom. The van der Waals surface area contributed by atoms with E-state index in [1.54, 1.807) is 6.92 Å². The lowest BCUT2D eigenvalue weighted by Gasteiger charge is -2.29. The van der Waals surface area contributed by atoms with Gasteiger partial charge in [-0.05, 0) is 6.92 Å². The highest BCUT2D eigenvalue weighted by Gasteiger charge is 2.39. The number of hydrogen-bond acceptors (Lipinski definition) is 6. The molecule has 21 heavy (non-hydrogen) atoms. The Morgan fingerprint density at radius 3 is 2.67 bits per heavy atom. The lowest BCUT2D eigenvalue weighted by molar-refractivity contribution is -0.147. The van der Waals surface area contributed by atoms with Crippen molar-refractivity contribution in [1.29, 1.82) is 0 Å². The van der Waals surface area contributed by atoms with Gasteiger partial charge >= 0.3 is 6.18 Å². The van der Waals surface area contributed by atoms with E-state index in [0.717, 1.165) is 4.57 Å². The molecule has 0 atom stereocenters. The van der Waals surface area contributed by atoms with Gasteiger partial charge in [0, 0.05) is 18.7 Å². The van der Waals surface area contributed by atoms with E-state index in [4.69, 9.17) is 5.73 Å². The van der Waals surface area contributed by atoms with Gasteiger partial charge in [0.25, 0.3) is 0 Å². The van der Waals surface area contributed by atoms with Gasteiger partial charge in [-0.25, -0.2) is 9.97 Å². The lowest BCUT2D eigenvalue weighted by Crippen LogP contribution is -2.36. The zero-order valence-electron chi connectivity index (χ0n) is 11.1. The summed E-state index contributed by atoms with van der Waals surface area (Å²) < 4.78 is 39.4. The van der Waals surface area contributed by atoms with Crippen molar-refractivity contribution < 1.29 is 13.2 Å². The van der Waals surface area contributed by atoms with Crippen LogP contribution in [0.15, 0.2) is 6.33 Å². The van der Waals surface area contributed by atoms with Crippen LogP contribution < -0.4 is 10.6 Å². The number of nitrogens with two attached hydrogens (primary N) is 1. The highest BCUT2D eigenvalue weighted by atomic mass is 19.4. The first-order valence-corrected chi connectivity index (χ1v) is 6.19. The Hall–Kier alpha value is -2.39. The van der Waals surface area contributed by atoms with E-state index in [1.807, 2.05) is 4.90 Å². The molecular weight excluding hydrogens is 287 g/mol. The summed E-state index contributed by atoms with van der Waals surface area (Å²) in [6.07, 6.45) is -3.17. The maximum absolute atomic E-state index is 12.8. The minimum absolute atomic E-state index is 0.139. The van der Waals surface area contributed by atoms with E-state index < -0.39 is 12.0 Å². The Morgan fingerprint density at radius 1 is 1.19 bits per heavy atom. The topological polar surface area (TPSA) is 85.8 Å². The number of halogens is 3. The fraction of sp³-hybridized carbons (Fsp3) is 0.455. The van der Waals surface area contributed by atoms with Crippen LogP contribution in [-0.4, -0.2) is 31.3 Å². The van der Waals surface area contributed by atoms with E-state index in [9.17, 15) is 13.2 Å². The van der Waals surface area contributed by atoms with Crippen LogP contribution in [0.5, 0.6) is 0 Å². The van der Waals surface area contributed by atoms with Crippen LogP contribution in [0.2, 0.25) is 0 Å². The number of anilines is 2. The second kappa shape index (κ2) is 4.57. The van der Waals surface area contributed by atoms with E-state index in [1.165, 1.54) is 6.33 Å². The Balaban J connectivity index is 1.92. The second-order valence-electron chi connectivity index (χ2n) is 4.72. The zero-order valence-corrected chi connectivity index (χ0v) is 11.1. The fourth-order valence-electron chi connectivity index (χ4n) is 2.32. The van der Waals surface area contributed by atoms with Crippen LogP contribution in [0.3, 0.4) is 0 Å². The van der Waals surface area contributed by atoms with Crippen molar-refractivity contribution in [3.63, 3.8) is 0 Å². The van der Waals surface area contributed by atoms with Crippen molar-refractivity contribution in [2.24, 2.45) is 0 Å². The SMILES string of the molecule is Cc1c(N)ncnc1N1CCn2c(nnc2C(F)(F)F)C1. The number of fused-ring (bicyclic) bond motifs is 1. The number of nitrogen functional groups attached to an aromatic ring is 1. The molecule has 0 saturated heterocycles. The van der Waals surface area contributed by atoms with E-state index in [0.29, 0.717) is 23.7 Å². The third kappa shape index (κ3) is 2.26. The quantitative estimate of drug-likeness (QED) is 0.845. The number of nitrogens with zero attached hydrogens (tertiary/aromatic N) is 6. The van der Waals surface area contributed by atoms with E-state index >= 15 is 0 Å². The van der Waals surface area contributed by atoms with E-state index in [-0.39, 0.29) is 18.9 Å². The molecule has 7 nitrogen and oxygen atoms in total. The summed E-state index contributed by atoms with van der Waals surface area (Å²) in [5.41, 5.74) is 6.42. The lowest BCUT2D eigenvalue weighted by atomic mass is 10.2. The summed E-state index contributed by atoms with van der Waals surface area (Å²) in [4.78, 5) is 9.84. The smallest absolute Gasteiger partial charge is 0.383 e. The normalized spacial score (nSPS) is 15.1. The molecule has 0 amide bonds. The van der Waals surface area contributed by atoms with Gasteiger partial charge in [-0.3, -0.25) is 0 Å². The molecule has 2 N–H and O–H groups in total. The fourth-order valence-corrected chi connectivity index (χ4v) is 2.32.